The lowest BCUT2D eigenvalue weighted by Crippen LogP contribution is -2.42. The molecule has 25 heavy (non-hydrogen) atoms. The topological polar surface area (TPSA) is 64.8 Å². The summed E-state index contributed by atoms with van der Waals surface area (Å²) in [5, 5.41) is 0. The normalized spacial score (nSPS) is 28.8. The second-order valence-corrected chi connectivity index (χ2v) is 6.62. The van der Waals surface area contributed by atoms with E-state index in [1.807, 2.05) is 6.07 Å². The van der Waals surface area contributed by atoms with Gasteiger partial charge in [-0.25, -0.2) is 9.37 Å². The Hall–Kier alpha value is -2.25. The standard InChI is InChI=1S/C18H19FN2O4/c1-23-16-7-21(17(22)15-9-24-11-20-15)10-18(16)6-13(8-25-18)12-3-2-4-14(19)5-12/h2-5,9,11,13,16H,6-8,10H2,1H3/t13-,16-,18-/m1/s1. The van der Waals surface area contributed by atoms with E-state index in [-0.39, 0.29) is 29.4 Å². The van der Waals surface area contributed by atoms with Crippen molar-refractivity contribution >= 4 is 5.91 Å². The maximum Gasteiger partial charge on any atom is 0.275 e. The van der Waals surface area contributed by atoms with Gasteiger partial charge in [0.05, 0.1) is 19.7 Å². The molecule has 0 aliphatic carbocycles. The number of oxazole rings is 1. The number of hydrogen-bond donors (Lipinski definition) is 0. The highest BCUT2D eigenvalue weighted by atomic mass is 19.1. The Morgan fingerprint density at radius 3 is 3.08 bits per heavy atom. The first kappa shape index (κ1) is 16.2. The van der Waals surface area contributed by atoms with Crippen molar-refractivity contribution in [1.82, 2.24) is 9.88 Å². The number of carbonyl (C=O) groups is 1. The van der Waals surface area contributed by atoms with Gasteiger partial charge >= 0.3 is 0 Å². The number of amides is 1. The number of halogens is 1. The zero-order valence-corrected chi connectivity index (χ0v) is 13.9. The molecule has 132 valence electrons. The molecular weight excluding hydrogens is 327 g/mol. The summed E-state index contributed by atoms with van der Waals surface area (Å²) in [6.45, 7) is 1.33. The summed E-state index contributed by atoms with van der Waals surface area (Å²) in [7, 11) is 1.62. The van der Waals surface area contributed by atoms with Crippen molar-refractivity contribution in [2.75, 3.05) is 26.8 Å². The van der Waals surface area contributed by atoms with Crippen molar-refractivity contribution in [2.24, 2.45) is 0 Å². The van der Waals surface area contributed by atoms with Gasteiger partial charge in [0.25, 0.3) is 5.91 Å². The Balaban J connectivity index is 1.54. The number of aromatic nitrogens is 1. The van der Waals surface area contributed by atoms with Gasteiger partial charge in [-0.15, -0.1) is 0 Å². The van der Waals surface area contributed by atoms with Crippen LogP contribution in [0.3, 0.4) is 0 Å². The molecule has 0 N–H and O–H groups in total. The van der Waals surface area contributed by atoms with E-state index in [1.54, 1.807) is 24.1 Å². The summed E-state index contributed by atoms with van der Waals surface area (Å²) in [6, 6.07) is 6.59. The predicted octanol–water partition coefficient (Wildman–Crippen LogP) is 2.23. The van der Waals surface area contributed by atoms with Crippen LogP contribution in [0.15, 0.2) is 41.3 Å². The minimum absolute atomic E-state index is 0.0791. The smallest absolute Gasteiger partial charge is 0.275 e. The molecular formula is C18H19FN2O4. The van der Waals surface area contributed by atoms with Crippen LogP contribution in [0.5, 0.6) is 0 Å². The molecule has 0 unspecified atom stereocenters. The molecule has 1 spiro atoms. The number of hydrogen-bond acceptors (Lipinski definition) is 5. The molecule has 2 saturated heterocycles. The van der Waals surface area contributed by atoms with Gasteiger partial charge in [-0.3, -0.25) is 4.79 Å². The third-order valence-electron chi connectivity index (χ3n) is 5.14. The van der Waals surface area contributed by atoms with Crippen LogP contribution in [0.1, 0.15) is 28.4 Å². The van der Waals surface area contributed by atoms with Crippen molar-refractivity contribution in [3.05, 3.63) is 54.0 Å². The lowest BCUT2D eigenvalue weighted by molar-refractivity contribution is -0.0755. The zero-order chi connectivity index (χ0) is 17.4. The van der Waals surface area contributed by atoms with Gasteiger partial charge in [0.2, 0.25) is 0 Å². The molecule has 0 radical (unpaired) electrons. The van der Waals surface area contributed by atoms with Crippen LogP contribution in [0.4, 0.5) is 4.39 Å². The maximum atomic E-state index is 13.5. The van der Waals surface area contributed by atoms with E-state index in [0.717, 1.165) is 5.56 Å². The number of methoxy groups -OCH3 is 1. The monoisotopic (exact) mass is 346 g/mol. The van der Waals surface area contributed by atoms with E-state index in [1.165, 1.54) is 18.7 Å². The lowest BCUT2D eigenvalue weighted by atomic mass is 9.87. The molecule has 0 saturated carbocycles. The Morgan fingerprint density at radius 2 is 2.36 bits per heavy atom. The molecule has 1 aromatic carbocycles. The quantitative estimate of drug-likeness (QED) is 0.853. The summed E-state index contributed by atoms with van der Waals surface area (Å²) in [6.07, 6.45) is 3.01. The molecule has 1 amide bonds. The first-order valence-corrected chi connectivity index (χ1v) is 8.21. The summed E-state index contributed by atoms with van der Waals surface area (Å²) in [4.78, 5) is 18.1. The SMILES string of the molecule is CO[C@@H]1CN(C(=O)c2cocn2)C[C@]12C[C@@H](c1cccc(F)c1)CO2. The van der Waals surface area contributed by atoms with E-state index in [9.17, 15) is 9.18 Å². The van der Waals surface area contributed by atoms with Gasteiger partial charge < -0.3 is 18.8 Å². The first-order valence-electron chi connectivity index (χ1n) is 8.21. The summed E-state index contributed by atoms with van der Waals surface area (Å²) in [5.41, 5.74) is 0.602. The van der Waals surface area contributed by atoms with Gasteiger partial charge in [-0.2, -0.15) is 0 Å². The fourth-order valence-electron chi connectivity index (χ4n) is 3.89. The van der Waals surface area contributed by atoms with Gasteiger partial charge in [0.15, 0.2) is 12.1 Å². The van der Waals surface area contributed by atoms with Crippen molar-refractivity contribution in [3.8, 4) is 0 Å². The van der Waals surface area contributed by atoms with Crippen LogP contribution < -0.4 is 0 Å². The van der Waals surface area contributed by atoms with Crippen molar-refractivity contribution < 1.29 is 23.1 Å². The zero-order valence-electron chi connectivity index (χ0n) is 13.9. The molecule has 0 bridgehead atoms. The van der Waals surface area contributed by atoms with Crippen LogP contribution in [-0.2, 0) is 9.47 Å². The van der Waals surface area contributed by atoms with E-state index >= 15 is 0 Å². The van der Waals surface area contributed by atoms with E-state index in [4.69, 9.17) is 13.9 Å². The molecule has 3 atom stereocenters. The second-order valence-electron chi connectivity index (χ2n) is 6.62. The largest absolute Gasteiger partial charge is 0.451 e. The van der Waals surface area contributed by atoms with Crippen LogP contribution >= 0.6 is 0 Å². The Morgan fingerprint density at radius 1 is 1.48 bits per heavy atom. The number of ether oxygens (including phenoxy) is 2. The number of benzene rings is 1. The highest BCUT2D eigenvalue weighted by Gasteiger charge is 2.54. The minimum Gasteiger partial charge on any atom is -0.451 e. The second kappa shape index (κ2) is 6.24. The third-order valence-corrected chi connectivity index (χ3v) is 5.14. The van der Waals surface area contributed by atoms with Gasteiger partial charge in [-0.05, 0) is 24.1 Å². The minimum atomic E-state index is -0.578. The third kappa shape index (κ3) is 2.83. The van der Waals surface area contributed by atoms with Gasteiger partial charge in [0.1, 0.15) is 23.8 Å². The van der Waals surface area contributed by atoms with Gasteiger partial charge in [0, 0.05) is 13.0 Å². The molecule has 3 heterocycles. The van der Waals surface area contributed by atoms with Crippen LogP contribution in [0, 0.1) is 5.82 Å². The Kier molecular flexibility index (Phi) is 4.05. The average Bonchev–Trinajstić information content (AvgIpc) is 3.35. The molecule has 4 rings (SSSR count). The van der Waals surface area contributed by atoms with E-state index < -0.39 is 5.60 Å². The van der Waals surface area contributed by atoms with E-state index in [2.05, 4.69) is 4.98 Å². The molecule has 6 nitrogen and oxygen atoms in total. The number of nitrogens with zero attached hydrogens (tertiary/aromatic N) is 2. The molecule has 7 heteroatoms. The molecule has 1 aromatic heterocycles. The predicted molar refractivity (Wildman–Crippen MR) is 85.6 cm³/mol. The van der Waals surface area contributed by atoms with Crippen LogP contribution in [0.25, 0.3) is 0 Å². The number of likely N-dealkylation sites (tertiary alicyclic amines) is 1. The fraction of sp³-hybridized carbons (Fsp3) is 0.444. The number of rotatable bonds is 3. The maximum absolute atomic E-state index is 13.5. The first-order chi connectivity index (χ1) is 12.1. The molecule has 2 aromatic rings. The van der Waals surface area contributed by atoms with Crippen molar-refractivity contribution in [1.29, 1.82) is 0 Å². The highest BCUT2D eigenvalue weighted by Crippen LogP contribution is 2.43. The number of carbonyl (C=O) groups excluding carboxylic acids is 1. The summed E-state index contributed by atoms with van der Waals surface area (Å²) in [5.74, 6) is -0.378. The Labute approximate surface area is 144 Å². The Bertz CT molecular complexity index is 766. The molecule has 2 aliphatic rings. The molecule has 2 aliphatic heterocycles. The molecule has 2 fully saturated rings. The van der Waals surface area contributed by atoms with Gasteiger partial charge in [-0.1, -0.05) is 12.1 Å². The van der Waals surface area contributed by atoms with E-state index in [0.29, 0.717) is 26.1 Å². The fourth-order valence-corrected chi connectivity index (χ4v) is 3.89. The average molecular weight is 346 g/mol. The van der Waals surface area contributed by atoms with Crippen LogP contribution in [-0.4, -0.2) is 54.3 Å². The summed E-state index contributed by atoms with van der Waals surface area (Å²) >= 11 is 0. The van der Waals surface area contributed by atoms with Crippen molar-refractivity contribution in [3.63, 3.8) is 0 Å². The summed E-state index contributed by atoms with van der Waals surface area (Å²) < 4.78 is 30.2. The highest BCUT2D eigenvalue weighted by molar-refractivity contribution is 5.92. The lowest BCUT2D eigenvalue weighted by Gasteiger charge is -2.28. The van der Waals surface area contributed by atoms with Crippen LogP contribution in [0.2, 0.25) is 0 Å². The van der Waals surface area contributed by atoms with Crippen molar-refractivity contribution in [2.45, 2.75) is 24.0 Å².